The highest BCUT2D eigenvalue weighted by Crippen LogP contribution is 2.35. The van der Waals surface area contributed by atoms with Crippen LogP contribution in [0.15, 0.2) is 41.1 Å². The maximum absolute atomic E-state index is 12.3. The SMILES string of the molecule is O=C(Cc1ccccc1Cl)NCC1(c2ccsc2)CCOCC1. The Labute approximate surface area is 145 Å². The van der Waals surface area contributed by atoms with E-state index in [0.717, 1.165) is 31.6 Å². The number of halogens is 1. The second-order valence-electron chi connectivity index (χ2n) is 5.95. The van der Waals surface area contributed by atoms with E-state index in [0.29, 0.717) is 18.0 Å². The van der Waals surface area contributed by atoms with Crippen LogP contribution in [0, 0.1) is 0 Å². The van der Waals surface area contributed by atoms with Crippen molar-refractivity contribution in [2.45, 2.75) is 24.7 Å². The van der Waals surface area contributed by atoms with Crippen molar-refractivity contribution in [2.24, 2.45) is 0 Å². The van der Waals surface area contributed by atoms with Gasteiger partial charge in [0.1, 0.15) is 0 Å². The molecular weight excluding hydrogens is 330 g/mol. The second-order valence-corrected chi connectivity index (χ2v) is 7.14. The number of hydrogen-bond acceptors (Lipinski definition) is 3. The molecule has 1 aromatic carbocycles. The lowest BCUT2D eigenvalue weighted by atomic mass is 9.75. The van der Waals surface area contributed by atoms with Gasteiger partial charge in [0.15, 0.2) is 0 Å². The summed E-state index contributed by atoms with van der Waals surface area (Å²) in [7, 11) is 0. The van der Waals surface area contributed by atoms with Gasteiger partial charge in [-0.2, -0.15) is 11.3 Å². The summed E-state index contributed by atoms with van der Waals surface area (Å²) < 4.78 is 5.51. The van der Waals surface area contributed by atoms with Crippen LogP contribution >= 0.6 is 22.9 Å². The number of ether oxygens (including phenoxy) is 1. The molecule has 122 valence electrons. The standard InChI is InChI=1S/C18H20ClNO2S/c19-16-4-2-1-3-14(16)11-17(21)20-13-18(6-8-22-9-7-18)15-5-10-23-12-15/h1-5,10,12H,6-9,11,13H2,(H,20,21). The minimum absolute atomic E-state index is 0.00556. The topological polar surface area (TPSA) is 38.3 Å². The fourth-order valence-corrected chi connectivity index (χ4v) is 4.02. The summed E-state index contributed by atoms with van der Waals surface area (Å²) in [4.78, 5) is 12.3. The molecule has 0 spiro atoms. The minimum Gasteiger partial charge on any atom is -0.381 e. The van der Waals surface area contributed by atoms with Gasteiger partial charge in [-0.1, -0.05) is 29.8 Å². The number of carbonyl (C=O) groups is 1. The molecule has 0 aliphatic carbocycles. The first kappa shape index (κ1) is 16.5. The van der Waals surface area contributed by atoms with Crippen LogP contribution < -0.4 is 5.32 Å². The Balaban J connectivity index is 1.65. The lowest BCUT2D eigenvalue weighted by Gasteiger charge is -2.37. The number of nitrogens with one attached hydrogen (secondary N) is 1. The average molecular weight is 350 g/mol. The second kappa shape index (κ2) is 7.47. The van der Waals surface area contributed by atoms with E-state index in [1.165, 1.54) is 5.56 Å². The largest absolute Gasteiger partial charge is 0.381 e. The molecule has 1 saturated heterocycles. The van der Waals surface area contributed by atoms with Crippen molar-refractivity contribution in [2.75, 3.05) is 19.8 Å². The maximum atomic E-state index is 12.3. The van der Waals surface area contributed by atoms with Crippen LogP contribution in [-0.4, -0.2) is 25.7 Å². The first-order valence-corrected chi connectivity index (χ1v) is 9.12. The maximum Gasteiger partial charge on any atom is 0.224 e. The number of hydrogen-bond donors (Lipinski definition) is 1. The first-order valence-electron chi connectivity index (χ1n) is 7.80. The van der Waals surface area contributed by atoms with Crippen LogP contribution in [-0.2, 0) is 21.4 Å². The third-order valence-corrected chi connectivity index (χ3v) is 5.57. The van der Waals surface area contributed by atoms with E-state index in [9.17, 15) is 4.79 Å². The predicted octanol–water partition coefficient (Wildman–Crippen LogP) is 3.81. The fraction of sp³-hybridized carbons (Fsp3) is 0.389. The van der Waals surface area contributed by atoms with Gasteiger partial charge in [0, 0.05) is 30.2 Å². The molecule has 1 aliphatic heterocycles. The Hall–Kier alpha value is -1.36. The summed E-state index contributed by atoms with van der Waals surface area (Å²) in [6, 6.07) is 9.65. The molecule has 1 amide bonds. The fourth-order valence-electron chi connectivity index (χ4n) is 3.04. The Kier molecular flexibility index (Phi) is 5.36. The highest BCUT2D eigenvalue weighted by molar-refractivity contribution is 7.08. The van der Waals surface area contributed by atoms with Gasteiger partial charge in [0.05, 0.1) is 6.42 Å². The summed E-state index contributed by atoms with van der Waals surface area (Å²) >= 11 is 7.83. The molecule has 5 heteroatoms. The van der Waals surface area contributed by atoms with Gasteiger partial charge in [0.25, 0.3) is 0 Å². The number of amides is 1. The van der Waals surface area contributed by atoms with Crippen molar-refractivity contribution in [1.82, 2.24) is 5.32 Å². The lowest BCUT2D eigenvalue weighted by molar-refractivity contribution is -0.120. The Morgan fingerprint density at radius 3 is 2.74 bits per heavy atom. The first-order chi connectivity index (χ1) is 11.2. The van der Waals surface area contributed by atoms with E-state index in [4.69, 9.17) is 16.3 Å². The van der Waals surface area contributed by atoms with Crippen molar-refractivity contribution in [3.8, 4) is 0 Å². The predicted molar refractivity (Wildman–Crippen MR) is 94.2 cm³/mol. The van der Waals surface area contributed by atoms with Crippen molar-refractivity contribution in [1.29, 1.82) is 0 Å². The number of carbonyl (C=O) groups excluding carboxylic acids is 1. The summed E-state index contributed by atoms with van der Waals surface area (Å²) in [6.07, 6.45) is 2.20. The molecular formula is C18H20ClNO2S. The van der Waals surface area contributed by atoms with E-state index < -0.39 is 0 Å². The molecule has 1 aliphatic rings. The monoisotopic (exact) mass is 349 g/mol. The quantitative estimate of drug-likeness (QED) is 0.891. The zero-order valence-electron chi connectivity index (χ0n) is 12.9. The highest BCUT2D eigenvalue weighted by atomic mass is 35.5. The molecule has 23 heavy (non-hydrogen) atoms. The van der Waals surface area contributed by atoms with Gasteiger partial charge in [-0.05, 0) is 46.9 Å². The highest BCUT2D eigenvalue weighted by Gasteiger charge is 2.35. The number of benzene rings is 1. The molecule has 1 aromatic heterocycles. The van der Waals surface area contributed by atoms with Crippen LogP contribution in [0.1, 0.15) is 24.0 Å². The molecule has 2 aromatic rings. The number of rotatable bonds is 5. The van der Waals surface area contributed by atoms with Crippen molar-refractivity contribution < 1.29 is 9.53 Å². The van der Waals surface area contributed by atoms with Crippen molar-refractivity contribution in [3.63, 3.8) is 0 Å². The molecule has 1 fully saturated rings. The minimum atomic E-state index is -0.00556. The van der Waals surface area contributed by atoms with Crippen molar-refractivity contribution in [3.05, 3.63) is 57.2 Å². The van der Waals surface area contributed by atoms with Gasteiger partial charge >= 0.3 is 0 Å². The molecule has 0 atom stereocenters. The van der Waals surface area contributed by atoms with Crippen LogP contribution in [0.5, 0.6) is 0 Å². The molecule has 3 rings (SSSR count). The molecule has 3 nitrogen and oxygen atoms in total. The van der Waals surface area contributed by atoms with Gasteiger partial charge in [-0.15, -0.1) is 0 Å². The molecule has 0 bridgehead atoms. The van der Waals surface area contributed by atoms with Gasteiger partial charge < -0.3 is 10.1 Å². The smallest absolute Gasteiger partial charge is 0.224 e. The molecule has 2 heterocycles. The number of thiophene rings is 1. The molecule has 0 radical (unpaired) electrons. The zero-order chi connectivity index (χ0) is 16.1. The van der Waals surface area contributed by atoms with Crippen molar-refractivity contribution >= 4 is 28.8 Å². The molecule has 0 saturated carbocycles. The zero-order valence-corrected chi connectivity index (χ0v) is 14.5. The molecule has 0 unspecified atom stereocenters. The lowest BCUT2D eigenvalue weighted by Crippen LogP contribution is -2.44. The van der Waals surface area contributed by atoms with Crippen LogP contribution in [0.4, 0.5) is 0 Å². The van der Waals surface area contributed by atoms with E-state index in [1.807, 2.05) is 24.3 Å². The summed E-state index contributed by atoms with van der Waals surface area (Å²) in [5, 5.41) is 8.03. The van der Waals surface area contributed by atoms with Crippen LogP contribution in [0.25, 0.3) is 0 Å². The van der Waals surface area contributed by atoms with Crippen LogP contribution in [0.2, 0.25) is 5.02 Å². The summed E-state index contributed by atoms with van der Waals surface area (Å²) in [6.45, 7) is 2.14. The normalized spacial score (nSPS) is 16.9. The average Bonchev–Trinajstić information content (AvgIpc) is 3.11. The van der Waals surface area contributed by atoms with Gasteiger partial charge in [-0.25, -0.2) is 0 Å². The van der Waals surface area contributed by atoms with Gasteiger partial charge in [0.2, 0.25) is 5.91 Å². The van der Waals surface area contributed by atoms with E-state index in [-0.39, 0.29) is 11.3 Å². The van der Waals surface area contributed by atoms with Crippen LogP contribution in [0.3, 0.4) is 0 Å². The van der Waals surface area contributed by atoms with Gasteiger partial charge in [-0.3, -0.25) is 4.79 Å². The summed E-state index contributed by atoms with van der Waals surface area (Å²) in [5.74, 6) is 0.0131. The Bertz CT molecular complexity index is 651. The molecule has 1 N–H and O–H groups in total. The summed E-state index contributed by atoms with van der Waals surface area (Å²) in [5.41, 5.74) is 2.17. The Morgan fingerprint density at radius 2 is 2.04 bits per heavy atom. The van der Waals surface area contributed by atoms with E-state index >= 15 is 0 Å². The third-order valence-electron chi connectivity index (χ3n) is 4.52. The Morgan fingerprint density at radius 1 is 1.26 bits per heavy atom. The van der Waals surface area contributed by atoms with E-state index in [2.05, 4.69) is 22.1 Å². The third kappa shape index (κ3) is 3.94. The van der Waals surface area contributed by atoms with E-state index in [1.54, 1.807) is 11.3 Å².